The molecule has 0 amide bonds. The summed E-state index contributed by atoms with van der Waals surface area (Å²) in [7, 11) is -1.61. The van der Waals surface area contributed by atoms with Gasteiger partial charge < -0.3 is 9.64 Å². The minimum atomic E-state index is -3.24. The molecule has 1 aliphatic rings. The Labute approximate surface area is 131 Å². The number of benzene rings is 1. The van der Waals surface area contributed by atoms with Gasteiger partial charge >= 0.3 is 0 Å². The predicted molar refractivity (Wildman–Crippen MR) is 85.4 cm³/mol. The standard InChI is InChI=1S/C15H21N3O3S/c1-21-15-6-4-5-14(13-15)17-8-10-18(11-9-17)22(19,20)12-3-2-7-16/h4-6,13H,2-3,8-12H2,1H3. The summed E-state index contributed by atoms with van der Waals surface area (Å²) in [5, 5.41) is 8.50. The molecular weight excluding hydrogens is 302 g/mol. The summed E-state index contributed by atoms with van der Waals surface area (Å²) in [4.78, 5) is 2.16. The number of sulfonamides is 1. The van der Waals surface area contributed by atoms with Crippen LogP contribution in [-0.2, 0) is 10.0 Å². The molecule has 1 saturated heterocycles. The van der Waals surface area contributed by atoms with E-state index in [-0.39, 0.29) is 12.2 Å². The van der Waals surface area contributed by atoms with E-state index in [1.54, 1.807) is 7.11 Å². The smallest absolute Gasteiger partial charge is 0.214 e. The Morgan fingerprint density at radius 3 is 2.64 bits per heavy atom. The number of nitriles is 1. The molecule has 22 heavy (non-hydrogen) atoms. The van der Waals surface area contributed by atoms with Crippen LogP contribution in [0.15, 0.2) is 24.3 Å². The van der Waals surface area contributed by atoms with Crippen LogP contribution in [0.3, 0.4) is 0 Å². The molecule has 1 aliphatic heterocycles. The van der Waals surface area contributed by atoms with Crippen molar-refractivity contribution in [2.75, 3.05) is 43.9 Å². The van der Waals surface area contributed by atoms with Crippen molar-refractivity contribution in [1.29, 1.82) is 5.26 Å². The van der Waals surface area contributed by atoms with E-state index in [4.69, 9.17) is 10.00 Å². The summed E-state index contributed by atoms with van der Waals surface area (Å²) >= 11 is 0. The molecule has 1 aromatic carbocycles. The Hall–Kier alpha value is -1.78. The molecule has 1 aromatic rings. The Bertz CT molecular complexity index is 632. The molecule has 0 spiro atoms. The number of rotatable bonds is 6. The van der Waals surface area contributed by atoms with Crippen LogP contribution in [0, 0.1) is 11.3 Å². The van der Waals surface area contributed by atoms with E-state index in [2.05, 4.69) is 4.90 Å². The summed E-state index contributed by atoms with van der Waals surface area (Å²) in [5.74, 6) is 0.851. The fourth-order valence-electron chi connectivity index (χ4n) is 2.49. The van der Waals surface area contributed by atoms with Gasteiger partial charge in [0.25, 0.3) is 0 Å². The van der Waals surface area contributed by atoms with Crippen molar-refractivity contribution in [2.45, 2.75) is 12.8 Å². The molecule has 7 heteroatoms. The average molecular weight is 323 g/mol. The van der Waals surface area contributed by atoms with Crippen LogP contribution in [0.5, 0.6) is 5.75 Å². The Morgan fingerprint density at radius 1 is 1.27 bits per heavy atom. The number of hydrogen-bond donors (Lipinski definition) is 0. The maximum atomic E-state index is 12.2. The molecule has 1 heterocycles. The van der Waals surface area contributed by atoms with Gasteiger partial charge in [-0.05, 0) is 18.6 Å². The highest BCUT2D eigenvalue weighted by Crippen LogP contribution is 2.22. The zero-order valence-corrected chi connectivity index (χ0v) is 13.6. The Morgan fingerprint density at radius 2 is 2.00 bits per heavy atom. The van der Waals surface area contributed by atoms with Crippen molar-refractivity contribution in [2.24, 2.45) is 0 Å². The normalized spacial score (nSPS) is 16.3. The highest BCUT2D eigenvalue weighted by atomic mass is 32.2. The average Bonchev–Trinajstić information content (AvgIpc) is 2.55. The van der Waals surface area contributed by atoms with Gasteiger partial charge in [0, 0.05) is 44.4 Å². The Kier molecular flexibility index (Phi) is 5.63. The van der Waals surface area contributed by atoms with Crippen LogP contribution in [-0.4, -0.2) is 51.8 Å². The van der Waals surface area contributed by atoms with E-state index in [0.29, 0.717) is 32.6 Å². The summed E-state index contributed by atoms with van der Waals surface area (Å²) < 4.78 is 31.1. The molecule has 0 atom stereocenters. The first-order valence-corrected chi connectivity index (χ1v) is 8.91. The minimum Gasteiger partial charge on any atom is -0.497 e. The third-order valence-corrected chi connectivity index (χ3v) is 5.70. The second-order valence-electron chi connectivity index (χ2n) is 5.17. The van der Waals surface area contributed by atoms with E-state index < -0.39 is 10.0 Å². The lowest BCUT2D eigenvalue weighted by Gasteiger charge is -2.35. The van der Waals surface area contributed by atoms with E-state index >= 15 is 0 Å². The largest absolute Gasteiger partial charge is 0.497 e. The molecule has 0 bridgehead atoms. The van der Waals surface area contributed by atoms with Crippen LogP contribution in [0.25, 0.3) is 0 Å². The van der Waals surface area contributed by atoms with Gasteiger partial charge in [0.2, 0.25) is 10.0 Å². The maximum Gasteiger partial charge on any atom is 0.214 e. The maximum absolute atomic E-state index is 12.2. The Balaban J connectivity index is 1.93. The fourth-order valence-corrected chi connectivity index (χ4v) is 3.98. The summed E-state index contributed by atoms with van der Waals surface area (Å²) in [5.41, 5.74) is 1.04. The molecule has 1 fully saturated rings. The number of unbranched alkanes of at least 4 members (excludes halogenated alkanes) is 1. The van der Waals surface area contributed by atoms with Crippen molar-refractivity contribution in [3.8, 4) is 11.8 Å². The number of nitrogens with zero attached hydrogens (tertiary/aromatic N) is 3. The van der Waals surface area contributed by atoms with E-state index in [1.165, 1.54) is 4.31 Å². The predicted octanol–water partition coefficient (Wildman–Crippen LogP) is 1.45. The number of hydrogen-bond acceptors (Lipinski definition) is 5. The van der Waals surface area contributed by atoms with Gasteiger partial charge in [-0.15, -0.1) is 0 Å². The number of piperazine rings is 1. The highest BCUT2D eigenvalue weighted by Gasteiger charge is 2.26. The van der Waals surface area contributed by atoms with Crippen LogP contribution < -0.4 is 9.64 Å². The third-order valence-electron chi connectivity index (χ3n) is 3.74. The van der Waals surface area contributed by atoms with Crippen molar-refractivity contribution in [1.82, 2.24) is 4.31 Å². The first kappa shape index (κ1) is 16.6. The topological polar surface area (TPSA) is 73.6 Å². The fraction of sp³-hybridized carbons (Fsp3) is 0.533. The van der Waals surface area contributed by atoms with Crippen LogP contribution >= 0.6 is 0 Å². The lowest BCUT2D eigenvalue weighted by Crippen LogP contribution is -2.49. The van der Waals surface area contributed by atoms with Gasteiger partial charge in [-0.1, -0.05) is 6.07 Å². The van der Waals surface area contributed by atoms with Gasteiger partial charge in [-0.25, -0.2) is 8.42 Å². The molecule has 120 valence electrons. The van der Waals surface area contributed by atoms with Crippen molar-refractivity contribution in [3.63, 3.8) is 0 Å². The molecule has 0 unspecified atom stereocenters. The van der Waals surface area contributed by atoms with E-state index in [0.717, 1.165) is 11.4 Å². The first-order valence-electron chi connectivity index (χ1n) is 7.30. The zero-order valence-electron chi connectivity index (χ0n) is 12.7. The second kappa shape index (κ2) is 7.47. The van der Waals surface area contributed by atoms with Crippen LogP contribution in [0.1, 0.15) is 12.8 Å². The van der Waals surface area contributed by atoms with Gasteiger partial charge in [0.1, 0.15) is 5.75 Å². The SMILES string of the molecule is COc1cccc(N2CCN(S(=O)(=O)CCCC#N)CC2)c1. The lowest BCUT2D eigenvalue weighted by atomic mass is 10.2. The van der Waals surface area contributed by atoms with Crippen molar-refractivity contribution in [3.05, 3.63) is 24.3 Å². The summed E-state index contributed by atoms with van der Waals surface area (Å²) in [6.45, 7) is 2.27. The summed E-state index contributed by atoms with van der Waals surface area (Å²) in [6, 6.07) is 9.75. The summed E-state index contributed by atoms with van der Waals surface area (Å²) in [6.07, 6.45) is 0.679. The third kappa shape index (κ3) is 4.12. The highest BCUT2D eigenvalue weighted by molar-refractivity contribution is 7.89. The van der Waals surface area contributed by atoms with Crippen molar-refractivity contribution >= 4 is 15.7 Å². The quantitative estimate of drug-likeness (QED) is 0.741. The number of anilines is 1. The van der Waals surface area contributed by atoms with Gasteiger partial charge in [0.15, 0.2) is 0 Å². The molecule has 0 N–H and O–H groups in total. The van der Waals surface area contributed by atoms with Crippen LogP contribution in [0.4, 0.5) is 5.69 Å². The molecular formula is C15H21N3O3S. The molecule has 2 rings (SSSR count). The zero-order chi connectivity index (χ0) is 16.0. The van der Waals surface area contributed by atoms with Gasteiger partial charge in [-0.3, -0.25) is 0 Å². The minimum absolute atomic E-state index is 0.0553. The molecule has 0 aromatic heterocycles. The van der Waals surface area contributed by atoms with Gasteiger partial charge in [-0.2, -0.15) is 9.57 Å². The second-order valence-corrected chi connectivity index (χ2v) is 7.25. The van der Waals surface area contributed by atoms with Gasteiger partial charge in [0.05, 0.1) is 18.9 Å². The molecule has 6 nitrogen and oxygen atoms in total. The molecule has 0 aliphatic carbocycles. The number of methoxy groups -OCH3 is 1. The monoisotopic (exact) mass is 323 g/mol. The van der Waals surface area contributed by atoms with Crippen LogP contribution in [0.2, 0.25) is 0 Å². The molecule has 0 radical (unpaired) electrons. The lowest BCUT2D eigenvalue weighted by molar-refractivity contribution is 0.383. The van der Waals surface area contributed by atoms with E-state index in [1.807, 2.05) is 30.3 Å². The molecule has 0 saturated carbocycles. The number of ether oxygens (including phenoxy) is 1. The first-order chi connectivity index (χ1) is 10.6. The van der Waals surface area contributed by atoms with E-state index in [9.17, 15) is 8.42 Å². The van der Waals surface area contributed by atoms with Crippen molar-refractivity contribution < 1.29 is 13.2 Å².